The van der Waals surface area contributed by atoms with E-state index < -0.39 is 0 Å². The molecule has 1 atom stereocenters. The molecule has 0 saturated carbocycles. The van der Waals surface area contributed by atoms with Crippen molar-refractivity contribution in [3.8, 4) is 11.5 Å². The second kappa shape index (κ2) is 8.14. The quantitative estimate of drug-likeness (QED) is 0.757. The minimum Gasteiger partial charge on any atom is -0.486 e. The largest absolute Gasteiger partial charge is 0.486 e. The highest BCUT2D eigenvalue weighted by molar-refractivity contribution is 7.80. The Morgan fingerprint density at radius 3 is 2.69 bits per heavy atom. The van der Waals surface area contributed by atoms with Gasteiger partial charge in [-0.05, 0) is 62.3 Å². The van der Waals surface area contributed by atoms with Crippen molar-refractivity contribution in [2.24, 2.45) is 0 Å². The van der Waals surface area contributed by atoms with E-state index in [2.05, 4.69) is 23.2 Å². The summed E-state index contributed by atoms with van der Waals surface area (Å²) in [6, 6.07) is 11.7. The number of thiocarbonyl (C=S) groups is 1. The normalized spacial score (nSPS) is 15.5. The molecule has 1 aliphatic rings. The number of hydrogen-bond donors (Lipinski definition) is 1. The van der Waals surface area contributed by atoms with Crippen molar-refractivity contribution in [1.82, 2.24) is 4.90 Å². The number of aryl methyl sites for hydroxylation is 2. The number of halogens is 1. The number of likely N-dealkylation sites (N-methyl/N-ethyl adjacent to an activating group) is 1. The number of ether oxygens (including phenoxy) is 2. The van der Waals surface area contributed by atoms with Crippen molar-refractivity contribution in [3.63, 3.8) is 0 Å². The third-order valence-electron chi connectivity index (χ3n) is 4.32. The van der Waals surface area contributed by atoms with Crippen LogP contribution in [0.3, 0.4) is 0 Å². The van der Waals surface area contributed by atoms with Gasteiger partial charge in [-0.3, -0.25) is 0 Å². The van der Waals surface area contributed by atoms with Crippen molar-refractivity contribution in [1.29, 1.82) is 0 Å². The lowest BCUT2D eigenvalue weighted by atomic mass is 10.1. The summed E-state index contributed by atoms with van der Waals surface area (Å²) >= 11 is 12.0. The van der Waals surface area contributed by atoms with Crippen LogP contribution in [-0.4, -0.2) is 35.8 Å². The molecule has 2 aromatic carbocycles. The molecule has 1 N–H and O–H groups in total. The van der Waals surface area contributed by atoms with E-state index in [1.165, 1.54) is 0 Å². The highest BCUT2D eigenvalue weighted by Gasteiger charge is 2.24. The summed E-state index contributed by atoms with van der Waals surface area (Å²) in [5.74, 6) is 1.56. The maximum absolute atomic E-state index is 6.39. The Bertz CT molecular complexity index is 789. The van der Waals surface area contributed by atoms with Crippen LogP contribution >= 0.6 is 23.8 Å². The molecule has 0 amide bonds. The molecule has 0 bridgehead atoms. The highest BCUT2D eigenvalue weighted by Crippen LogP contribution is 2.31. The van der Waals surface area contributed by atoms with Crippen LogP contribution in [0.5, 0.6) is 11.5 Å². The molecule has 3 rings (SSSR count). The Hall–Kier alpha value is -1.98. The second-order valence-electron chi connectivity index (χ2n) is 6.41. The average molecular weight is 391 g/mol. The van der Waals surface area contributed by atoms with Crippen LogP contribution in [0.4, 0.5) is 5.69 Å². The summed E-state index contributed by atoms with van der Waals surface area (Å²) < 4.78 is 11.8. The van der Waals surface area contributed by atoms with Gasteiger partial charge in [0.15, 0.2) is 22.7 Å². The number of benzene rings is 2. The monoisotopic (exact) mass is 390 g/mol. The van der Waals surface area contributed by atoms with Gasteiger partial charge in [-0.25, -0.2) is 0 Å². The Kier molecular flexibility index (Phi) is 5.89. The zero-order chi connectivity index (χ0) is 18.7. The second-order valence-corrected chi connectivity index (χ2v) is 7.20. The molecular weight excluding hydrogens is 368 g/mol. The van der Waals surface area contributed by atoms with Gasteiger partial charge in [0.2, 0.25) is 0 Å². The number of para-hydroxylation sites is 2. The van der Waals surface area contributed by atoms with Crippen LogP contribution in [-0.2, 0) is 0 Å². The topological polar surface area (TPSA) is 33.7 Å². The van der Waals surface area contributed by atoms with E-state index in [-0.39, 0.29) is 6.10 Å². The minimum absolute atomic E-state index is 0.0841. The molecular formula is C20H23ClN2O2S. The fourth-order valence-electron chi connectivity index (χ4n) is 3.01. The van der Waals surface area contributed by atoms with Gasteiger partial charge in [-0.15, -0.1) is 0 Å². The summed E-state index contributed by atoms with van der Waals surface area (Å²) in [4.78, 5) is 2.06. The number of fused-ring (bicyclic) bond motifs is 1. The molecule has 1 aliphatic heterocycles. The van der Waals surface area contributed by atoms with E-state index in [0.717, 1.165) is 34.9 Å². The van der Waals surface area contributed by atoms with Crippen LogP contribution in [0.25, 0.3) is 0 Å². The predicted octanol–water partition coefficient (Wildman–Crippen LogP) is 4.82. The number of rotatable bonds is 4. The summed E-state index contributed by atoms with van der Waals surface area (Å²) in [7, 11) is 0. The lowest BCUT2D eigenvalue weighted by Gasteiger charge is -2.32. The van der Waals surface area contributed by atoms with Crippen LogP contribution in [0, 0.1) is 13.8 Å². The predicted molar refractivity (Wildman–Crippen MR) is 111 cm³/mol. The first-order valence-corrected chi connectivity index (χ1v) is 9.47. The Balaban J connectivity index is 1.67. The van der Waals surface area contributed by atoms with E-state index in [9.17, 15) is 0 Å². The molecule has 6 heteroatoms. The molecule has 138 valence electrons. The van der Waals surface area contributed by atoms with E-state index in [0.29, 0.717) is 23.3 Å². The van der Waals surface area contributed by atoms with Crippen molar-refractivity contribution in [2.45, 2.75) is 26.9 Å². The molecule has 1 heterocycles. The van der Waals surface area contributed by atoms with Crippen LogP contribution < -0.4 is 14.8 Å². The summed E-state index contributed by atoms with van der Waals surface area (Å²) in [5, 5.41) is 4.60. The molecule has 26 heavy (non-hydrogen) atoms. The van der Waals surface area contributed by atoms with Crippen molar-refractivity contribution < 1.29 is 9.47 Å². The van der Waals surface area contributed by atoms with E-state index in [1.54, 1.807) is 0 Å². The van der Waals surface area contributed by atoms with Gasteiger partial charge in [0, 0.05) is 6.54 Å². The standard InChI is InChI=1S/C20H23ClN2O2S/c1-4-23(11-15-12-24-17-7-5-6-8-18(17)25-15)20(26)22-19-14(3)9-13(2)10-16(19)21/h5-10,15H,4,11-12H2,1-3H3,(H,22,26)/t15-/m1/s1. The average Bonchev–Trinajstić information content (AvgIpc) is 2.62. The molecule has 0 saturated heterocycles. The summed E-state index contributed by atoms with van der Waals surface area (Å²) in [5.41, 5.74) is 3.05. The van der Waals surface area contributed by atoms with E-state index in [1.807, 2.05) is 44.2 Å². The molecule has 0 spiro atoms. The smallest absolute Gasteiger partial charge is 0.173 e. The number of nitrogens with one attached hydrogen (secondary N) is 1. The van der Waals surface area contributed by atoms with Gasteiger partial charge in [0.05, 0.1) is 17.3 Å². The first-order valence-electron chi connectivity index (χ1n) is 8.69. The third kappa shape index (κ3) is 4.22. The van der Waals surface area contributed by atoms with E-state index >= 15 is 0 Å². The summed E-state index contributed by atoms with van der Waals surface area (Å²) in [6.07, 6.45) is -0.0841. The van der Waals surface area contributed by atoms with Gasteiger partial charge in [-0.2, -0.15) is 0 Å². The van der Waals surface area contributed by atoms with Gasteiger partial charge in [0.25, 0.3) is 0 Å². The molecule has 0 unspecified atom stereocenters. The number of nitrogens with zero attached hydrogens (tertiary/aromatic N) is 1. The maximum atomic E-state index is 6.39. The van der Waals surface area contributed by atoms with E-state index in [4.69, 9.17) is 33.3 Å². The van der Waals surface area contributed by atoms with Crippen molar-refractivity contribution in [2.75, 3.05) is 25.0 Å². The molecule has 0 aliphatic carbocycles. The Labute approximate surface area is 165 Å². The minimum atomic E-state index is -0.0841. The van der Waals surface area contributed by atoms with Crippen LogP contribution in [0.2, 0.25) is 5.02 Å². The summed E-state index contributed by atoms with van der Waals surface area (Å²) in [6.45, 7) is 8.01. The molecule has 0 fully saturated rings. The molecule has 0 aromatic heterocycles. The number of anilines is 1. The zero-order valence-electron chi connectivity index (χ0n) is 15.2. The van der Waals surface area contributed by atoms with Crippen LogP contribution in [0.1, 0.15) is 18.1 Å². The molecule has 4 nitrogen and oxygen atoms in total. The first-order chi connectivity index (χ1) is 12.5. The molecule has 2 aromatic rings. The zero-order valence-corrected chi connectivity index (χ0v) is 16.8. The van der Waals surface area contributed by atoms with Gasteiger partial charge >= 0.3 is 0 Å². The van der Waals surface area contributed by atoms with Gasteiger partial charge in [-0.1, -0.05) is 29.8 Å². The lowest BCUT2D eigenvalue weighted by molar-refractivity contribution is 0.0754. The van der Waals surface area contributed by atoms with Gasteiger partial charge < -0.3 is 19.7 Å². The Morgan fingerprint density at radius 1 is 1.27 bits per heavy atom. The fourth-order valence-corrected chi connectivity index (χ4v) is 3.69. The SMILES string of the molecule is CCN(C[C@@H]1COc2ccccc2O1)C(=S)Nc1c(C)cc(C)cc1Cl. The maximum Gasteiger partial charge on any atom is 0.173 e. The van der Waals surface area contributed by atoms with Crippen molar-refractivity contribution in [3.05, 3.63) is 52.5 Å². The molecule has 0 radical (unpaired) electrons. The van der Waals surface area contributed by atoms with Crippen LogP contribution in [0.15, 0.2) is 36.4 Å². The first kappa shape index (κ1) is 18.8. The lowest BCUT2D eigenvalue weighted by Crippen LogP contribution is -2.45. The Morgan fingerprint density at radius 2 is 2.00 bits per heavy atom. The number of hydrogen-bond acceptors (Lipinski definition) is 3. The fraction of sp³-hybridized carbons (Fsp3) is 0.350. The third-order valence-corrected chi connectivity index (χ3v) is 4.98. The van der Waals surface area contributed by atoms with Crippen molar-refractivity contribution >= 4 is 34.6 Å². The highest BCUT2D eigenvalue weighted by atomic mass is 35.5. The van der Waals surface area contributed by atoms with Gasteiger partial charge in [0.1, 0.15) is 6.61 Å².